The Balaban J connectivity index is 1.88. The number of fused-ring (bicyclic) bond motifs is 1. The van der Waals surface area contributed by atoms with Crippen molar-refractivity contribution in [2.45, 2.75) is 18.4 Å². The van der Waals surface area contributed by atoms with Gasteiger partial charge >= 0.3 is 0 Å². The summed E-state index contributed by atoms with van der Waals surface area (Å²) in [5, 5.41) is 8.52. The van der Waals surface area contributed by atoms with E-state index in [9.17, 15) is 12.8 Å². The first-order chi connectivity index (χ1) is 13.9. The van der Waals surface area contributed by atoms with E-state index in [1.54, 1.807) is 53.9 Å². The number of hydrogen-bond donors (Lipinski definition) is 0. The first kappa shape index (κ1) is 19.4. The number of benzene rings is 2. The van der Waals surface area contributed by atoms with Gasteiger partial charge in [-0.15, -0.1) is 10.2 Å². The summed E-state index contributed by atoms with van der Waals surface area (Å²) < 4.78 is 43.9. The van der Waals surface area contributed by atoms with Crippen LogP contribution in [0.1, 0.15) is 11.4 Å². The molecule has 0 N–H and O–H groups in total. The van der Waals surface area contributed by atoms with Gasteiger partial charge in [0.25, 0.3) is 10.0 Å². The van der Waals surface area contributed by atoms with Gasteiger partial charge in [-0.3, -0.25) is 8.71 Å². The monoisotopic (exact) mass is 430 g/mol. The zero-order chi connectivity index (χ0) is 20.6. The number of aromatic nitrogens is 3. The third-order valence-electron chi connectivity index (χ3n) is 4.47. The Morgan fingerprint density at radius 2 is 1.83 bits per heavy atom. The number of rotatable bonds is 5. The lowest BCUT2D eigenvalue weighted by atomic mass is 10.2. The van der Waals surface area contributed by atoms with Gasteiger partial charge in [-0.05, 0) is 55.0 Å². The fraction of sp³-hybridized carbons (Fsp3) is 0.100. The highest BCUT2D eigenvalue weighted by atomic mass is 35.5. The fourth-order valence-electron chi connectivity index (χ4n) is 3.03. The van der Waals surface area contributed by atoms with E-state index in [4.69, 9.17) is 11.6 Å². The van der Waals surface area contributed by atoms with E-state index in [0.29, 0.717) is 16.4 Å². The minimum absolute atomic E-state index is 0.00285. The van der Waals surface area contributed by atoms with E-state index in [1.807, 2.05) is 0 Å². The lowest BCUT2D eigenvalue weighted by molar-refractivity contribution is 0.590. The Labute approximate surface area is 172 Å². The lowest BCUT2D eigenvalue weighted by Crippen LogP contribution is -2.31. The van der Waals surface area contributed by atoms with Gasteiger partial charge in [0.2, 0.25) is 0 Å². The Bertz CT molecular complexity index is 1290. The average Bonchev–Trinajstić information content (AvgIpc) is 3.08. The van der Waals surface area contributed by atoms with Gasteiger partial charge in [-0.25, -0.2) is 12.8 Å². The van der Waals surface area contributed by atoms with Crippen molar-refractivity contribution in [3.8, 4) is 0 Å². The van der Waals surface area contributed by atoms with Crippen LogP contribution in [0.5, 0.6) is 0 Å². The van der Waals surface area contributed by atoms with Crippen molar-refractivity contribution in [3.05, 3.63) is 89.1 Å². The number of nitrogens with zero attached hydrogens (tertiary/aromatic N) is 4. The van der Waals surface area contributed by atoms with E-state index in [1.165, 1.54) is 24.3 Å². The Kier molecular flexibility index (Phi) is 4.97. The second kappa shape index (κ2) is 7.46. The molecule has 2 heterocycles. The largest absolute Gasteiger partial charge is 0.286 e. The van der Waals surface area contributed by atoms with Crippen LogP contribution in [0.3, 0.4) is 0 Å². The molecule has 0 bridgehead atoms. The molecule has 0 saturated carbocycles. The van der Waals surface area contributed by atoms with Crippen LogP contribution >= 0.6 is 11.6 Å². The molecule has 148 valence electrons. The molecule has 6 nitrogen and oxygen atoms in total. The summed E-state index contributed by atoms with van der Waals surface area (Å²) in [7, 11) is -4.08. The summed E-state index contributed by atoms with van der Waals surface area (Å²) in [5.41, 5.74) is 1.12. The van der Waals surface area contributed by atoms with Crippen LogP contribution in [-0.4, -0.2) is 23.0 Å². The van der Waals surface area contributed by atoms with E-state index >= 15 is 0 Å². The van der Waals surface area contributed by atoms with Crippen LogP contribution in [0.15, 0.2) is 71.8 Å². The number of aryl methyl sites for hydroxylation is 1. The molecular weight excluding hydrogens is 415 g/mol. The maximum atomic E-state index is 13.9. The predicted octanol–water partition coefficient (Wildman–Crippen LogP) is 4.23. The normalized spacial score (nSPS) is 11.7. The predicted molar refractivity (Wildman–Crippen MR) is 109 cm³/mol. The summed E-state index contributed by atoms with van der Waals surface area (Å²) in [6.07, 6.45) is 1.69. The van der Waals surface area contributed by atoms with Crippen LogP contribution in [0.4, 0.5) is 10.1 Å². The van der Waals surface area contributed by atoms with E-state index < -0.39 is 15.8 Å². The summed E-state index contributed by atoms with van der Waals surface area (Å²) in [6.45, 7) is 1.73. The van der Waals surface area contributed by atoms with Crippen molar-refractivity contribution in [3.63, 3.8) is 0 Å². The molecule has 0 unspecified atom stereocenters. The van der Waals surface area contributed by atoms with Gasteiger partial charge in [-0.2, -0.15) is 0 Å². The van der Waals surface area contributed by atoms with Crippen LogP contribution < -0.4 is 4.31 Å². The standard InChI is InChI=1S/C20H16ClFN4O2S/c1-14-23-24-20-19(6-3-11-25(14)20)29(27,28)26(18-5-2-4-17(22)12-18)13-15-7-9-16(21)10-8-15/h2-12H,13H2,1H3. The summed E-state index contributed by atoms with van der Waals surface area (Å²) in [5.74, 6) is 0.0300. The molecule has 0 atom stereocenters. The first-order valence-corrected chi connectivity index (χ1v) is 10.5. The minimum atomic E-state index is -4.08. The van der Waals surface area contributed by atoms with Crippen LogP contribution in [0.25, 0.3) is 5.65 Å². The number of hydrogen-bond acceptors (Lipinski definition) is 4. The summed E-state index contributed by atoms with van der Waals surface area (Å²) in [4.78, 5) is -0.0150. The molecule has 2 aromatic heterocycles. The van der Waals surface area contributed by atoms with Gasteiger partial charge in [0.1, 0.15) is 16.5 Å². The average molecular weight is 431 g/mol. The summed E-state index contributed by atoms with van der Waals surface area (Å²) >= 11 is 5.94. The molecule has 9 heteroatoms. The van der Waals surface area contributed by atoms with Crippen LogP contribution in [-0.2, 0) is 16.6 Å². The molecule has 0 fully saturated rings. The van der Waals surface area contributed by atoms with E-state index in [2.05, 4.69) is 10.2 Å². The Hall–Kier alpha value is -2.97. The summed E-state index contributed by atoms with van der Waals surface area (Å²) in [6, 6.07) is 15.4. The van der Waals surface area contributed by atoms with Crippen molar-refractivity contribution in [2.24, 2.45) is 0 Å². The van der Waals surface area contributed by atoms with Crippen LogP contribution in [0.2, 0.25) is 5.02 Å². The van der Waals surface area contributed by atoms with Gasteiger partial charge in [-0.1, -0.05) is 29.8 Å². The molecule has 0 aliphatic rings. The Morgan fingerprint density at radius 1 is 1.07 bits per heavy atom. The van der Waals surface area contributed by atoms with Crippen molar-refractivity contribution < 1.29 is 12.8 Å². The van der Waals surface area contributed by atoms with Gasteiger partial charge in [0.05, 0.1) is 12.2 Å². The molecule has 0 radical (unpaired) electrons. The van der Waals surface area contributed by atoms with Crippen molar-refractivity contribution in [2.75, 3.05) is 4.31 Å². The van der Waals surface area contributed by atoms with E-state index in [-0.39, 0.29) is 22.8 Å². The Morgan fingerprint density at radius 3 is 2.55 bits per heavy atom. The van der Waals surface area contributed by atoms with Gasteiger partial charge in [0, 0.05) is 11.2 Å². The maximum Gasteiger partial charge on any atom is 0.268 e. The fourth-order valence-corrected chi connectivity index (χ4v) is 4.72. The third kappa shape index (κ3) is 3.68. The quantitative estimate of drug-likeness (QED) is 0.475. The lowest BCUT2D eigenvalue weighted by Gasteiger charge is -2.25. The number of sulfonamides is 1. The third-order valence-corrected chi connectivity index (χ3v) is 6.52. The second-order valence-electron chi connectivity index (χ2n) is 6.43. The molecule has 4 rings (SSSR count). The molecule has 2 aromatic carbocycles. The molecule has 0 aliphatic heterocycles. The van der Waals surface area contributed by atoms with E-state index in [0.717, 1.165) is 4.31 Å². The van der Waals surface area contributed by atoms with Crippen molar-refractivity contribution in [1.29, 1.82) is 0 Å². The number of halogens is 2. The van der Waals surface area contributed by atoms with Crippen molar-refractivity contribution >= 4 is 33.0 Å². The maximum absolute atomic E-state index is 13.9. The molecule has 0 aliphatic carbocycles. The second-order valence-corrected chi connectivity index (χ2v) is 8.70. The zero-order valence-corrected chi connectivity index (χ0v) is 16.9. The van der Waals surface area contributed by atoms with Gasteiger partial charge in [0.15, 0.2) is 5.65 Å². The smallest absolute Gasteiger partial charge is 0.268 e. The molecule has 0 saturated heterocycles. The molecule has 29 heavy (non-hydrogen) atoms. The van der Waals surface area contributed by atoms with Crippen molar-refractivity contribution in [1.82, 2.24) is 14.6 Å². The first-order valence-electron chi connectivity index (χ1n) is 8.69. The SMILES string of the molecule is Cc1nnc2c(S(=O)(=O)N(Cc3ccc(Cl)cc3)c3cccc(F)c3)cccn12. The molecular formula is C20H16ClFN4O2S. The molecule has 4 aromatic rings. The topological polar surface area (TPSA) is 67.6 Å². The number of anilines is 1. The zero-order valence-electron chi connectivity index (χ0n) is 15.3. The molecule has 0 spiro atoms. The highest BCUT2D eigenvalue weighted by Gasteiger charge is 2.29. The highest BCUT2D eigenvalue weighted by molar-refractivity contribution is 7.93. The minimum Gasteiger partial charge on any atom is -0.286 e. The van der Waals surface area contributed by atoms with Gasteiger partial charge < -0.3 is 0 Å². The van der Waals surface area contributed by atoms with Crippen LogP contribution in [0, 0.1) is 12.7 Å². The number of pyridine rings is 1. The highest BCUT2D eigenvalue weighted by Crippen LogP contribution is 2.28. The molecule has 0 amide bonds.